The molecular weight excluding hydrogens is 360 g/mol. The van der Waals surface area contributed by atoms with Crippen LogP contribution in [0, 0.1) is 17.8 Å². The summed E-state index contributed by atoms with van der Waals surface area (Å²) in [5.74, 6) is 1.73. The van der Waals surface area contributed by atoms with Crippen LogP contribution in [0.1, 0.15) is 66.9 Å². The molecule has 0 amide bonds. The second-order valence-electron chi connectivity index (χ2n) is 9.50. The van der Waals surface area contributed by atoms with Crippen molar-refractivity contribution in [2.75, 3.05) is 0 Å². The summed E-state index contributed by atoms with van der Waals surface area (Å²) in [6.07, 6.45) is 11.6. The predicted molar refractivity (Wildman–Crippen MR) is 115 cm³/mol. The second kappa shape index (κ2) is 6.76. The fraction of sp³-hybridized carbons (Fsp3) is 0.423. The molecule has 0 radical (unpaired) electrons. The monoisotopic (exact) mass is 388 g/mol. The Morgan fingerprint density at radius 3 is 2.07 bits per heavy atom. The van der Waals surface area contributed by atoms with E-state index in [1.165, 1.54) is 44.1 Å². The van der Waals surface area contributed by atoms with E-state index in [9.17, 15) is 15.0 Å². The smallest absolute Gasteiger partial charge is 0.336 e. The van der Waals surface area contributed by atoms with Crippen LogP contribution in [-0.2, 0) is 5.41 Å². The van der Waals surface area contributed by atoms with Gasteiger partial charge in [0.1, 0.15) is 5.75 Å². The first-order valence-corrected chi connectivity index (χ1v) is 10.8. The van der Waals surface area contributed by atoms with Crippen LogP contribution in [0.25, 0.3) is 17.2 Å². The molecule has 150 valence electrons. The van der Waals surface area contributed by atoms with E-state index in [4.69, 9.17) is 0 Å². The highest BCUT2D eigenvalue weighted by Crippen LogP contribution is 2.62. The molecular formula is C26H28O3. The summed E-state index contributed by atoms with van der Waals surface area (Å²) in [6, 6.07) is 11.1. The maximum Gasteiger partial charge on any atom is 0.336 e. The van der Waals surface area contributed by atoms with Gasteiger partial charge in [0.25, 0.3) is 0 Å². The van der Waals surface area contributed by atoms with Gasteiger partial charge in [-0.25, -0.2) is 4.79 Å². The number of hydrogen-bond acceptors (Lipinski definition) is 2. The van der Waals surface area contributed by atoms with Gasteiger partial charge >= 0.3 is 5.97 Å². The molecule has 0 aromatic heterocycles. The maximum absolute atomic E-state index is 12.1. The number of carbonyl (C=O) groups is 1. The molecule has 4 aliphatic rings. The molecule has 6 rings (SSSR count). The number of aromatic carboxylic acids is 1. The number of aromatic hydroxyl groups is 1. The van der Waals surface area contributed by atoms with Crippen molar-refractivity contribution >= 4 is 12.0 Å². The van der Waals surface area contributed by atoms with Gasteiger partial charge in [-0.05, 0) is 109 Å². The van der Waals surface area contributed by atoms with Crippen molar-refractivity contribution in [3.63, 3.8) is 0 Å². The van der Waals surface area contributed by atoms with E-state index in [0.29, 0.717) is 5.56 Å². The van der Waals surface area contributed by atoms with Gasteiger partial charge in [0.15, 0.2) is 0 Å². The van der Waals surface area contributed by atoms with Gasteiger partial charge in [0.2, 0.25) is 0 Å². The van der Waals surface area contributed by atoms with Crippen molar-refractivity contribution in [3.05, 3.63) is 59.2 Å². The summed E-state index contributed by atoms with van der Waals surface area (Å²) in [6.45, 7) is 1.96. The minimum absolute atomic E-state index is 0.0717. The van der Waals surface area contributed by atoms with Crippen molar-refractivity contribution in [2.45, 2.75) is 50.9 Å². The SMILES string of the molecule is CC=Cc1c(C(=O)O)ccc(-c2ccc(O)cc2)c1C12CC3CC(CC(C3)C1)C2. The van der Waals surface area contributed by atoms with Crippen LogP contribution in [0.4, 0.5) is 0 Å². The van der Waals surface area contributed by atoms with Gasteiger partial charge < -0.3 is 10.2 Å². The molecule has 4 bridgehead atoms. The highest BCUT2D eigenvalue weighted by Gasteiger charge is 2.53. The van der Waals surface area contributed by atoms with Gasteiger partial charge in [0, 0.05) is 0 Å². The van der Waals surface area contributed by atoms with Crippen LogP contribution in [0.2, 0.25) is 0 Å². The first-order chi connectivity index (χ1) is 14.0. The molecule has 0 saturated heterocycles. The zero-order chi connectivity index (χ0) is 20.2. The average Bonchev–Trinajstić information content (AvgIpc) is 2.67. The summed E-state index contributed by atoms with van der Waals surface area (Å²) in [7, 11) is 0. The van der Waals surface area contributed by atoms with E-state index >= 15 is 0 Å². The van der Waals surface area contributed by atoms with Crippen LogP contribution >= 0.6 is 0 Å². The lowest BCUT2D eigenvalue weighted by Gasteiger charge is -2.58. The number of benzene rings is 2. The molecule has 0 aliphatic heterocycles. The number of carboxylic acids is 1. The third kappa shape index (κ3) is 2.99. The zero-order valence-electron chi connectivity index (χ0n) is 16.9. The molecule has 4 fully saturated rings. The Morgan fingerprint density at radius 1 is 0.966 bits per heavy atom. The normalized spacial score (nSPS) is 30.2. The maximum atomic E-state index is 12.1. The lowest BCUT2D eigenvalue weighted by Crippen LogP contribution is -2.49. The Balaban J connectivity index is 1.78. The van der Waals surface area contributed by atoms with Gasteiger partial charge in [-0.3, -0.25) is 0 Å². The largest absolute Gasteiger partial charge is 0.508 e. The van der Waals surface area contributed by atoms with E-state index in [1.807, 2.05) is 37.3 Å². The van der Waals surface area contributed by atoms with Gasteiger partial charge in [-0.1, -0.05) is 30.4 Å². The summed E-state index contributed by atoms with van der Waals surface area (Å²) in [5, 5.41) is 19.7. The molecule has 2 N–H and O–H groups in total. The Hall–Kier alpha value is -2.55. The van der Waals surface area contributed by atoms with Crippen molar-refractivity contribution in [2.24, 2.45) is 17.8 Å². The summed E-state index contributed by atoms with van der Waals surface area (Å²) in [5.41, 5.74) is 4.77. The molecule has 4 saturated carbocycles. The van der Waals surface area contributed by atoms with Crippen molar-refractivity contribution < 1.29 is 15.0 Å². The van der Waals surface area contributed by atoms with Crippen LogP contribution in [0.15, 0.2) is 42.5 Å². The van der Waals surface area contributed by atoms with Crippen molar-refractivity contribution in [3.8, 4) is 16.9 Å². The van der Waals surface area contributed by atoms with E-state index in [2.05, 4.69) is 0 Å². The first-order valence-electron chi connectivity index (χ1n) is 10.8. The van der Waals surface area contributed by atoms with Crippen molar-refractivity contribution in [1.82, 2.24) is 0 Å². The van der Waals surface area contributed by atoms with Crippen LogP contribution in [0.5, 0.6) is 5.75 Å². The van der Waals surface area contributed by atoms with E-state index in [0.717, 1.165) is 34.4 Å². The Morgan fingerprint density at radius 2 is 1.55 bits per heavy atom. The van der Waals surface area contributed by atoms with Gasteiger partial charge in [-0.2, -0.15) is 0 Å². The Bertz CT molecular complexity index is 948. The lowest BCUT2D eigenvalue weighted by molar-refractivity contribution is -0.00503. The fourth-order valence-corrected chi connectivity index (χ4v) is 7.02. The van der Waals surface area contributed by atoms with Gasteiger partial charge in [-0.15, -0.1) is 0 Å². The van der Waals surface area contributed by atoms with Crippen LogP contribution < -0.4 is 0 Å². The minimum Gasteiger partial charge on any atom is -0.508 e. The third-order valence-corrected chi connectivity index (χ3v) is 7.56. The minimum atomic E-state index is -0.860. The van der Waals surface area contributed by atoms with Gasteiger partial charge in [0.05, 0.1) is 5.56 Å². The number of rotatable bonds is 4. The Labute approximate surface area is 172 Å². The number of allylic oxidation sites excluding steroid dienone is 1. The Kier molecular flexibility index (Phi) is 4.31. The third-order valence-electron chi connectivity index (χ3n) is 7.56. The average molecular weight is 389 g/mol. The summed E-state index contributed by atoms with van der Waals surface area (Å²) < 4.78 is 0. The molecule has 0 unspecified atom stereocenters. The molecule has 0 atom stereocenters. The van der Waals surface area contributed by atoms with E-state index < -0.39 is 5.97 Å². The molecule has 4 aliphatic carbocycles. The van der Waals surface area contributed by atoms with Crippen molar-refractivity contribution in [1.29, 1.82) is 0 Å². The summed E-state index contributed by atoms with van der Waals surface area (Å²) in [4.78, 5) is 12.1. The number of phenols is 1. The zero-order valence-corrected chi connectivity index (χ0v) is 16.9. The number of hydrogen-bond donors (Lipinski definition) is 2. The van der Waals surface area contributed by atoms with E-state index in [1.54, 1.807) is 18.2 Å². The second-order valence-corrected chi connectivity index (χ2v) is 9.50. The predicted octanol–water partition coefficient (Wildman–Crippen LogP) is 6.26. The molecule has 0 heterocycles. The molecule has 2 aromatic rings. The fourth-order valence-electron chi connectivity index (χ4n) is 7.02. The summed E-state index contributed by atoms with van der Waals surface area (Å²) >= 11 is 0. The highest BCUT2D eigenvalue weighted by molar-refractivity contribution is 5.95. The lowest BCUT2D eigenvalue weighted by atomic mass is 9.47. The molecule has 3 nitrogen and oxygen atoms in total. The topological polar surface area (TPSA) is 57.5 Å². The standard InChI is InChI=1S/C26H28O3/c1-2-3-22-23(25(28)29)9-8-21(19-4-6-20(27)7-5-19)24(22)26-13-16-10-17(14-26)12-18(11-16)15-26/h2-9,16-18,27H,10-15H2,1H3,(H,28,29). The van der Waals surface area contributed by atoms with E-state index in [-0.39, 0.29) is 11.2 Å². The quantitative estimate of drug-likeness (QED) is 0.650. The number of phenolic OH excluding ortho intramolecular Hbond substituents is 1. The molecule has 2 aromatic carbocycles. The first kappa shape index (κ1) is 18.5. The number of carboxylic acid groups (broad SMARTS) is 1. The van der Waals surface area contributed by atoms with Crippen LogP contribution in [-0.4, -0.2) is 16.2 Å². The molecule has 29 heavy (non-hydrogen) atoms. The molecule has 3 heteroatoms. The highest BCUT2D eigenvalue weighted by atomic mass is 16.4. The van der Waals surface area contributed by atoms with Crippen LogP contribution in [0.3, 0.4) is 0 Å². The molecule has 0 spiro atoms.